The van der Waals surface area contributed by atoms with Crippen LogP contribution in [0.15, 0.2) is 11.4 Å². The third kappa shape index (κ3) is 1.89. The second-order valence-electron chi connectivity index (χ2n) is 3.34. The van der Waals surface area contributed by atoms with Crippen molar-refractivity contribution in [2.45, 2.75) is 0 Å². The first-order chi connectivity index (χ1) is 7.58. The zero-order valence-electron chi connectivity index (χ0n) is 8.23. The second-order valence-corrected chi connectivity index (χ2v) is 4.25. The summed E-state index contributed by atoms with van der Waals surface area (Å²) in [6.07, 6.45) is 0. The highest BCUT2D eigenvalue weighted by atomic mass is 32.1. The van der Waals surface area contributed by atoms with Gasteiger partial charge in [0.15, 0.2) is 0 Å². The Morgan fingerprint density at radius 3 is 2.50 bits per heavy atom. The van der Waals surface area contributed by atoms with Gasteiger partial charge in [-0.25, -0.2) is 0 Å². The summed E-state index contributed by atoms with van der Waals surface area (Å²) in [4.78, 5) is 35.6. The number of imide groups is 1. The van der Waals surface area contributed by atoms with Gasteiger partial charge in [0.2, 0.25) is 11.8 Å². The maximum absolute atomic E-state index is 11.9. The van der Waals surface area contributed by atoms with E-state index in [0.717, 1.165) is 0 Å². The molecule has 3 N–H and O–H groups in total. The van der Waals surface area contributed by atoms with Crippen molar-refractivity contribution in [1.29, 1.82) is 0 Å². The van der Waals surface area contributed by atoms with Crippen LogP contribution < -0.4 is 11.1 Å². The minimum atomic E-state index is -0.472. The van der Waals surface area contributed by atoms with Gasteiger partial charge in [0.25, 0.3) is 5.91 Å². The molecule has 0 aliphatic carbocycles. The van der Waals surface area contributed by atoms with E-state index in [4.69, 9.17) is 5.73 Å². The van der Waals surface area contributed by atoms with Gasteiger partial charge in [-0.15, -0.1) is 11.3 Å². The number of rotatable bonds is 1. The number of nitrogens with one attached hydrogen (secondary N) is 1. The summed E-state index contributed by atoms with van der Waals surface area (Å²) >= 11 is 1.19. The van der Waals surface area contributed by atoms with Crippen LogP contribution in [0.2, 0.25) is 0 Å². The maximum Gasteiger partial charge on any atom is 0.266 e. The molecule has 84 valence electrons. The van der Waals surface area contributed by atoms with Crippen molar-refractivity contribution in [3.63, 3.8) is 0 Å². The molecule has 0 atom stereocenters. The quantitative estimate of drug-likeness (QED) is 0.642. The van der Waals surface area contributed by atoms with Gasteiger partial charge < -0.3 is 10.6 Å². The van der Waals surface area contributed by atoms with Crippen LogP contribution in [0.25, 0.3) is 0 Å². The molecule has 6 nitrogen and oxygen atoms in total. The fourth-order valence-corrected chi connectivity index (χ4v) is 2.20. The predicted molar refractivity (Wildman–Crippen MR) is 57.8 cm³/mol. The van der Waals surface area contributed by atoms with E-state index < -0.39 is 11.8 Å². The average Bonchev–Trinajstić information content (AvgIpc) is 2.62. The van der Waals surface area contributed by atoms with E-state index in [0.29, 0.717) is 10.6 Å². The Morgan fingerprint density at radius 2 is 2.00 bits per heavy atom. The monoisotopic (exact) mass is 239 g/mol. The summed E-state index contributed by atoms with van der Waals surface area (Å²) in [5.74, 6) is -1.32. The SMILES string of the molecule is Nc1ccsc1C(=O)N1CC(=O)NC(=O)C1. The first-order valence-corrected chi connectivity index (χ1v) is 5.41. The molecule has 1 aromatic rings. The van der Waals surface area contributed by atoms with Gasteiger partial charge in [0.1, 0.15) is 18.0 Å². The molecule has 2 heterocycles. The third-order valence-electron chi connectivity index (χ3n) is 2.12. The molecule has 7 heteroatoms. The lowest BCUT2D eigenvalue weighted by atomic mass is 10.3. The Balaban J connectivity index is 2.19. The van der Waals surface area contributed by atoms with Crippen LogP contribution in [0.1, 0.15) is 9.67 Å². The zero-order chi connectivity index (χ0) is 11.7. The highest BCUT2D eigenvalue weighted by Gasteiger charge is 2.28. The molecule has 3 amide bonds. The largest absolute Gasteiger partial charge is 0.397 e. The topological polar surface area (TPSA) is 92.5 Å². The van der Waals surface area contributed by atoms with Crippen molar-refractivity contribution < 1.29 is 14.4 Å². The highest BCUT2D eigenvalue weighted by molar-refractivity contribution is 7.12. The van der Waals surface area contributed by atoms with Gasteiger partial charge in [-0.3, -0.25) is 19.7 Å². The fraction of sp³-hybridized carbons (Fsp3) is 0.222. The van der Waals surface area contributed by atoms with Crippen LogP contribution in [0, 0.1) is 0 Å². The molecule has 0 saturated carbocycles. The molecule has 0 unspecified atom stereocenters. The van der Waals surface area contributed by atoms with Gasteiger partial charge in [-0.05, 0) is 11.4 Å². The van der Waals surface area contributed by atoms with E-state index in [1.54, 1.807) is 11.4 Å². The Labute approximate surface area is 95.0 Å². The van der Waals surface area contributed by atoms with Gasteiger partial charge >= 0.3 is 0 Å². The van der Waals surface area contributed by atoms with E-state index in [1.165, 1.54) is 16.2 Å². The predicted octanol–water partition coefficient (Wildman–Crippen LogP) is -0.571. The number of hydrogen-bond donors (Lipinski definition) is 2. The Bertz CT molecular complexity index is 452. The van der Waals surface area contributed by atoms with Crippen LogP contribution >= 0.6 is 11.3 Å². The number of piperazine rings is 1. The van der Waals surface area contributed by atoms with Gasteiger partial charge in [0, 0.05) is 0 Å². The smallest absolute Gasteiger partial charge is 0.266 e. The molecule has 2 rings (SSSR count). The van der Waals surface area contributed by atoms with E-state index >= 15 is 0 Å². The molecule has 0 bridgehead atoms. The minimum absolute atomic E-state index is 0.109. The van der Waals surface area contributed by atoms with Crippen LogP contribution in [-0.4, -0.2) is 35.7 Å². The van der Waals surface area contributed by atoms with Gasteiger partial charge in [0.05, 0.1) is 5.69 Å². The minimum Gasteiger partial charge on any atom is -0.397 e. The lowest BCUT2D eigenvalue weighted by Gasteiger charge is -2.25. The van der Waals surface area contributed by atoms with E-state index in [9.17, 15) is 14.4 Å². The Morgan fingerprint density at radius 1 is 1.38 bits per heavy atom. The number of thiophene rings is 1. The standard InChI is InChI=1S/C9H9N3O3S/c10-5-1-2-16-8(5)9(15)12-3-6(13)11-7(14)4-12/h1-2H,3-4,10H2,(H,11,13,14). The molecular formula is C9H9N3O3S. The van der Waals surface area contributed by atoms with Crippen LogP contribution in [-0.2, 0) is 9.59 Å². The molecule has 16 heavy (non-hydrogen) atoms. The maximum atomic E-state index is 11.9. The van der Waals surface area contributed by atoms with Gasteiger partial charge in [-0.2, -0.15) is 0 Å². The molecular weight excluding hydrogens is 230 g/mol. The number of hydrogen-bond acceptors (Lipinski definition) is 5. The summed E-state index contributed by atoms with van der Waals surface area (Å²) in [6, 6.07) is 1.61. The lowest BCUT2D eigenvalue weighted by Crippen LogP contribution is -2.53. The summed E-state index contributed by atoms with van der Waals surface area (Å²) in [5, 5.41) is 3.81. The normalized spacial score (nSPS) is 16.1. The van der Waals surface area contributed by atoms with Crippen molar-refractivity contribution in [3.8, 4) is 0 Å². The number of amides is 3. The number of carbonyl (C=O) groups is 3. The van der Waals surface area contributed by atoms with E-state index in [1.807, 2.05) is 0 Å². The summed E-state index contributed by atoms with van der Waals surface area (Å²) in [5.41, 5.74) is 5.96. The molecule has 1 fully saturated rings. The molecule has 1 aliphatic heterocycles. The molecule has 0 spiro atoms. The van der Waals surface area contributed by atoms with Crippen LogP contribution in [0.3, 0.4) is 0 Å². The summed E-state index contributed by atoms with van der Waals surface area (Å²) < 4.78 is 0. The van der Waals surface area contributed by atoms with Gasteiger partial charge in [-0.1, -0.05) is 0 Å². The molecule has 0 radical (unpaired) electrons. The van der Waals surface area contributed by atoms with E-state index in [-0.39, 0.29) is 19.0 Å². The van der Waals surface area contributed by atoms with Crippen LogP contribution in [0.5, 0.6) is 0 Å². The van der Waals surface area contributed by atoms with Crippen molar-refractivity contribution in [3.05, 3.63) is 16.3 Å². The van der Waals surface area contributed by atoms with Crippen molar-refractivity contribution >= 4 is 34.7 Å². The number of nitrogen functional groups attached to an aromatic ring is 1. The number of anilines is 1. The Hall–Kier alpha value is -1.89. The van der Waals surface area contributed by atoms with Crippen molar-refractivity contribution in [2.75, 3.05) is 18.8 Å². The highest BCUT2D eigenvalue weighted by Crippen LogP contribution is 2.21. The lowest BCUT2D eigenvalue weighted by molar-refractivity contribution is -0.135. The molecule has 0 aromatic carbocycles. The van der Waals surface area contributed by atoms with Crippen LogP contribution in [0.4, 0.5) is 5.69 Å². The third-order valence-corrected chi connectivity index (χ3v) is 3.04. The first-order valence-electron chi connectivity index (χ1n) is 4.53. The number of carbonyl (C=O) groups excluding carboxylic acids is 3. The number of nitrogens with zero attached hydrogens (tertiary/aromatic N) is 1. The second kappa shape index (κ2) is 3.93. The Kier molecular flexibility index (Phi) is 2.61. The molecule has 1 aliphatic rings. The first kappa shape index (κ1) is 10.6. The average molecular weight is 239 g/mol. The molecule has 1 saturated heterocycles. The van der Waals surface area contributed by atoms with Crippen molar-refractivity contribution in [1.82, 2.24) is 10.2 Å². The summed E-state index contributed by atoms with van der Waals surface area (Å²) in [7, 11) is 0. The summed E-state index contributed by atoms with van der Waals surface area (Å²) in [6.45, 7) is -0.218. The fourth-order valence-electron chi connectivity index (χ4n) is 1.42. The van der Waals surface area contributed by atoms with E-state index in [2.05, 4.69) is 5.32 Å². The molecule has 1 aromatic heterocycles. The van der Waals surface area contributed by atoms with Crippen molar-refractivity contribution in [2.24, 2.45) is 0 Å². The number of nitrogens with two attached hydrogens (primary N) is 1. The zero-order valence-corrected chi connectivity index (χ0v) is 9.04.